The summed E-state index contributed by atoms with van der Waals surface area (Å²) in [5.74, 6) is 0.686. The van der Waals surface area contributed by atoms with Crippen LogP contribution in [0.5, 0.6) is 0 Å². The van der Waals surface area contributed by atoms with Crippen LogP contribution in [0.25, 0.3) is 0 Å². The third-order valence-electron chi connectivity index (χ3n) is 2.93. The lowest BCUT2D eigenvalue weighted by Crippen LogP contribution is -2.09. The van der Waals surface area contributed by atoms with Crippen LogP contribution in [0.3, 0.4) is 0 Å². The lowest BCUT2D eigenvalue weighted by atomic mass is 9.95. The number of halogens is 1. The van der Waals surface area contributed by atoms with Crippen molar-refractivity contribution in [2.45, 2.75) is 19.8 Å². The van der Waals surface area contributed by atoms with E-state index < -0.39 is 0 Å². The molecular weight excluding hydrogens is 292 g/mol. The smallest absolute Gasteiger partial charge is 0.00660 e. The summed E-state index contributed by atoms with van der Waals surface area (Å²) in [5.41, 5.74) is 4.27. The summed E-state index contributed by atoms with van der Waals surface area (Å²) in [6, 6.07) is 11.1. The molecule has 0 aliphatic heterocycles. The van der Waals surface area contributed by atoms with E-state index in [-0.39, 0.29) is 0 Å². The van der Waals surface area contributed by atoms with E-state index in [1.54, 1.807) is 11.3 Å². The molecule has 17 heavy (non-hydrogen) atoms. The molecule has 0 aliphatic rings. The largest absolute Gasteiger partial charge is 0.152 e. The van der Waals surface area contributed by atoms with Crippen LogP contribution in [0, 0.1) is 12.8 Å². The summed E-state index contributed by atoms with van der Waals surface area (Å²) in [7, 11) is 0. The zero-order chi connectivity index (χ0) is 12.1. The molecule has 0 bridgehead atoms. The Balaban J connectivity index is 2.00. The van der Waals surface area contributed by atoms with E-state index in [0.29, 0.717) is 5.92 Å². The van der Waals surface area contributed by atoms with Crippen LogP contribution < -0.4 is 0 Å². The van der Waals surface area contributed by atoms with Crippen molar-refractivity contribution in [3.8, 4) is 0 Å². The van der Waals surface area contributed by atoms with Gasteiger partial charge in [0.05, 0.1) is 0 Å². The number of hydrogen-bond acceptors (Lipinski definition) is 1. The Morgan fingerprint density at radius 2 is 2.00 bits per heavy atom. The first-order valence-corrected chi connectivity index (χ1v) is 7.97. The van der Waals surface area contributed by atoms with Gasteiger partial charge in [0.1, 0.15) is 0 Å². The number of hydrogen-bond donors (Lipinski definition) is 0. The number of rotatable bonds is 5. The molecule has 2 heteroatoms. The van der Waals surface area contributed by atoms with Crippen molar-refractivity contribution >= 4 is 27.3 Å². The second kappa shape index (κ2) is 6.36. The third kappa shape index (κ3) is 3.97. The average Bonchev–Trinajstić information content (AvgIpc) is 2.81. The second-order valence-electron chi connectivity index (χ2n) is 4.55. The normalized spacial score (nSPS) is 12.6. The Bertz CT molecular complexity index is 448. The first-order chi connectivity index (χ1) is 8.28. The Morgan fingerprint density at radius 1 is 1.18 bits per heavy atom. The Labute approximate surface area is 116 Å². The average molecular weight is 309 g/mol. The summed E-state index contributed by atoms with van der Waals surface area (Å²) in [4.78, 5) is 0. The van der Waals surface area contributed by atoms with Gasteiger partial charge in [-0.05, 0) is 53.6 Å². The monoisotopic (exact) mass is 308 g/mol. The van der Waals surface area contributed by atoms with Crippen LogP contribution in [-0.2, 0) is 12.8 Å². The van der Waals surface area contributed by atoms with Gasteiger partial charge in [0.25, 0.3) is 0 Å². The topological polar surface area (TPSA) is 0 Å². The maximum Gasteiger partial charge on any atom is 0.00660 e. The van der Waals surface area contributed by atoms with Gasteiger partial charge in [-0.3, -0.25) is 0 Å². The lowest BCUT2D eigenvalue weighted by Gasteiger charge is -2.13. The Morgan fingerprint density at radius 3 is 2.65 bits per heavy atom. The van der Waals surface area contributed by atoms with Gasteiger partial charge in [0.2, 0.25) is 0 Å². The standard InChI is InChI=1S/C15H17BrS/c1-12-3-2-4-13(7-12)8-15(10-16)9-14-5-6-17-11-14/h2-7,11,15H,8-10H2,1H3. The van der Waals surface area contributed by atoms with Gasteiger partial charge < -0.3 is 0 Å². The van der Waals surface area contributed by atoms with Crippen molar-refractivity contribution in [1.29, 1.82) is 0 Å². The summed E-state index contributed by atoms with van der Waals surface area (Å²) in [5, 5.41) is 5.48. The van der Waals surface area contributed by atoms with Crippen LogP contribution in [-0.4, -0.2) is 5.33 Å². The summed E-state index contributed by atoms with van der Waals surface area (Å²) in [6.07, 6.45) is 2.32. The molecule has 0 N–H and O–H groups in total. The quantitative estimate of drug-likeness (QED) is 0.692. The highest BCUT2D eigenvalue weighted by atomic mass is 79.9. The van der Waals surface area contributed by atoms with Crippen LogP contribution in [0.1, 0.15) is 16.7 Å². The molecule has 0 nitrogen and oxygen atoms in total. The van der Waals surface area contributed by atoms with Gasteiger partial charge in [-0.25, -0.2) is 0 Å². The zero-order valence-electron chi connectivity index (χ0n) is 10.0. The van der Waals surface area contributed by atoms with E-state index in [1.807, 2.05) is 0 Å². The molecule has 1 aromatic heterocycles. The number of alkyl halides is 1. The van der Waals surface area contributed by atoms with Crippen molar-refractivity contribution in [1.82, 2.24) is 0 Å². The number of benzene rings is 1. The molecule has 0 radical (unpaired) electrons. The van der Waals surface area contributed by atoms with E-state index in [4.69, 9.17) is 0 Å². The van der Waals surface area contributed by atoms with Gasteiger partial charge >= 0.3 is 0 Å². The molecule has 1 heterocycles. The summed E-state index contributed by atoms with van der Waals surface area (Å²) in [6.45, 7) is 2.16. The van der Waals surface area contributed by atoms with E-state index in [1.165, 1.54) is 23.1 Å². The first kappa shape index (κ1) is 12.8. The molecule has 2 rings (SSSR count). The molecule has 0 fully saturated rings. The Hall–Kier alpha value is -0.600. The molecule has 90 valence electrons. The van der Waals surface area contributed by atoms with Gasteiger partial charge in [-0.15, -0.1) is 0 Å². The number of thiophene rings is 1. The van der Waals surface area contributed by atoms with Crippen molar-refractivity contribution < 1.29 is 0 Å². The fourth-order valence-electron chi connectivity index (χ4n) is 2.10. The molecule has 1 unspecified atom stereocenters. The molecule has 0 saturated heterocycles. The summed E-state index contributed by atoms with van der Waals surface area (Å²) < 4.78 is 0. The van der Waals surface area contributed by atoms with Crippen molar-refractivity contribution in [3.05, 3.63) is 57.8 Å². The van der Waals surface area contributed by atoms with Crippen LogP contribution in [0.4, 0.5) is 0 Å². The third-order valence-corrected chi connectivity index (χ3v) is 4.58. The van der Waals surface area contributed by atoms with Crippen molar-refractivity contribution in [3.63, 3.8) is 0 Å². The molecule has 1 atom stereocenters. The van der Waals surface area contributed by atoms with E-state index in [9.17, 15) is 0 Å². The minimum Gasteiger partial charge on any atom is -0.152 e. The molecule has 1 aromatic carbocycles. The minimum absolute atomic E-state index is 0.686. The van der Waals surface area contributed by atoms with Crippen LogP contribution in [0.2, 0.25) is 0 Å². The SMILES string of the molecule is Cc1cccc(CC(CBr)Cc2ccsc2)c1. The van der Waals surface area contributed by atoms with Crippen LogP contribution in [0.15, 0.2) is 41.1 Å². The van der Waals surface area contributed by atoms with Gasteiger partial charge in [0.15, 0.2) is 0 Å². The predicted octanol–water partition coefficient (Wildman–Crippen LogP) is 4.85. The van der Waals surface area contributed by atoms with Gasteiger partial charge in [-0.2, -0.15) is 11.3 Å². The molecule has 0 amide bonds. The fourth-order valence-corrected chi connectivity index (χ4v) is 3.24. The molecule has 0 aliphatic carbocycles. The molecule has 0 saturated carbocycles. The maximum absolute atomic E-state index is 3.64. The van der Waals surface area contributed by atoms with E-state index in [2.05, 4.69) is 63.9 Å². The fraction of sp³-hybridized carbons (Fsp3) is 0.333. The predicted molar refractivity (Wildman–Crippen MR) is 80.2 cm³/mol. The highest BCUT2D eigenvalue weighted by Gasteiger charge is 2.09. The number of aryl methyl sites for hydroxylation is 1. The highest BCUT2D eigenvalue weighted by molar-refractivity contribution is 9.09. The highest BCUT2D eigenvalue weighted by Crippen LogP contribution is 2.19. The van der Waals surface area contributed by atoms with E-state index >= 15 is 0 Å². The molecular formula is C15H17BrS. The maximum atomic E-state index is 3.64. The van der Waals surface area contributed by atoms with Gasteiger partial charge in [-0.1, -0.05) is 45.8 Å². The van der Waals surface area contributed by atoms with Crippen molar-refractivity contribution in [2.24, 2.45) is 5.92 Å². The molecule has 2 aromatic rings. The second-order valence-corrected chi connectivity index (χ2v) is 5.98. The Kier molecular flexibility index (Phi) is 4.81. The first-order valence-electron chi connectivity index (χ1n) is 5.90. The van der Waals surface area contributed by atoms with Gasteiger partial charge in [0, 0.05) is 5.33 Å². The van der Waals surface area contributed by atoms with Crippen LogP contribution >= 0.6 is 27.3 Å². The zero-order valence-corrected chi connectivity index (χ0v) is 12.4. The van der Waals surface area contributed by atoms with Crippen molar-refractivity contribution in [2.75, 3.05) is 5.33 Å². The van der Waals surface area contributed by atoms with E-state index in [0.717, 1.165) is 11.8 Å². The minimum atomic E-state index is 0.686. The molecule has 0 spiro atoms. The summed E-state index contributed by atoms with van der Waals surface area (Å²) >= 11 is 5.43. The lowest BCUT2D eigenvalue weighted by molar-refractivity contribution is 0.592.